The summed E-state index contributed by atoms with van der Waals surface area (Å²) in [4.78, 5) is 12.3. The molecule has 0 spiro atoms. The molecule has 0 aromatic heterocycles. The number of nitrogens with zero attached hydrogens (tertiary/aromatic N) is 1. The maximum Gasteiger partial charge on any atom is 0.197 e. The molecule has 1 N–H and O–H groups in total. The summed E-state index contributed by atoms with van der Waals surface area (Å²) in [5.74, 6) is -0.0913. The Morgan fingerprint density at radius 2 is 1.82 bits per heavy atom. The second kappa shape index (κ2) is 8.19. The van der Waals surface area contributed by atoms with E-state index in [4.69, 9.17) is 34.8 Å². The van der Waals surface area contributed by atoms with E-state index < -0.39 is 0 Å². The summed E-state index contributed by atoms with van der Waals surface area (Å²) in [5, 5.41) is 5.03. The molecule has 1 aromatic rings. The number of carbonyl (C=O) groups is 1. The van der Waals surface area contributed by atoms with E-state index >= 15 is 0 Å². The molecule has 1 saturated carbocycles. The van der Waals surface area contributed by atoms with Crippen molar-refractivity contribution in [1.82, 2.24) is 0 Å². The fourth-order valence-electron chi connectivity index (χ4n) is 2.64. The molecule has 3 nitrogen and oxygen atoms in total. The molecule has 6 heteroatoms. The number of hydrogen-bond acceptors (Lipinski definition) is 3. The molecule has 0 atom stereocenters. The van der Waals surface area contributed by atoms with Crippen LogP contribution in [0, 0.1) is 12.8 Å². The van der Waals surface area contributed by atoms with Gasteiger partial charge in [-0.05, 0) is 37.5 Å². The number of ketones is 1. The van der Waals surface area contributed by atoms with E-state index in [1.165, 1.54) is 12.8 Å². The summed E-state index contributed by atoms with van der Waals surface area (Å²) in [6, 6.07) is 3.36. The first-order chi connectivity index (χ1) is 10.5. The molecule has 1 fully saturated rings. The summed E-state index contributed by atoms with van der Waals surface area (Å²) >= 11 is 18.1. The first-order valence-electron chi connectivity index (χ1n) is 7.48. The Balaban J connectivity index is 2.07. The second-order valence-corrected chi connectivity index (χ2v) is 6.83. The van der Waals surface area contributed by atoms with Gasteiger partial charge in [0.2, 0.25) is 0 Å². The van der Waals surface area contributed by atoms with Gasteiger partial charge in [0.05, 0.1) is 5.69 Å². The maximum absolute atomic E-state index is 12.3. The molecule has 0 aliphatic heterocycles. The Bertz CT molecular complexity index is 579. The number of Topliss-reactive ketones (excluding diaryl/α,β-unsaturated/α-hetero) is 1. The van der Waals surface area contributed by atoms with Crippen LogP contribution in [-0.4, -0.2) is 11.0 Å². The molecule has 0 amide bonds. The van der Waals surface area contributed by atoms with E-state index in [0.717, 1.165) is 31.2 Å². The van der Waals surface area contributed by atoms with Gasteiger partial charge in [-0.15, -0.1) is 0 Å². The van der Waals surface area contributed by atoms with E-state index in [0.29, 0.717) is 15.7 Å². The van der Waals surface area contributed by atoms with Crippen LogP contribution < -0.4 is 5.43 Å². The zero-order chi connectivity index (χ0) is 16.1. The number of hydrogen-bond donors (Lipinski definition) is 1. The fraction of sp³-hybridized carbons (Fsp3) is 0.500. The van der Waals surface area contributed by atoms with Gasteiger partial charge in [0.15, 0.2) is 11.0 Å². The van der Waals surface area contributed by atoms with Crippen molar-refractivity contribution in [1.29, 1.82) is 0 Å². The van der Waals surface area contributed by atoms with Crippen LogP contribution in [0.15, 0.2) is 17.2 Å². The topological polar surface area (TPSA) is 41.5 Å². The van der Waals surface area contributed by atoms with E-state index in [9.17, 15) is 4.79 Å². The van der Waals surface area contributed by atoms with Crippen molar-refractivity contribution in [3.05, 3.63) is 27.7 Å². The summed E-state index contributed by atoms with van der Waals surface area (Å²) in [6.45, 7) is 1.84. The standard InChI is InChI=1S/C16H19Cl3N2O/c1-10-13(18)8-12(17)9-14(10)20-21-16(19)15(22)11-6-4-2-3-5-7-11/h8-9,11,20H,2-7H2,1H3. The van der Waals surface area contributed by atoms with Gasteiger partial charge in [-0.25, -0.2) is 0 Å². The molecule has 0 unspecified atom stereocenters. The highest BCUT2D eigenvalue weighted by atomic mass is 35.5. The van der Waals surface area contributed by atoms with Crippen molar-refractivity contribution in [3.63, 3.8) is 0 Å². The number of anilines is 1. The lowest BCUT2D eigenvalue weighted by Crippen LogP contribution is -2.20. The molecule has 1 aliphatic carbocycles. The number of benzene rings is 1. The van der Waals surface area contributed by atoms with Crippen LogP contribution in [0.2, 0.25) is 10.0 Å². The Hall–Kier alpha value is -0.770. The highest BCUT2D eigenvalue weighted by Crippen LogP contribution is 2.29. The zero-order valence-corrected chi connectivity index (χ0v) is 14.7. The van der Waals surface area contributed by atoms with Gasteiger partial charge in [-0.2, -0.15) is 5.10 Å². The molecule has 1 aromatic carbocycles. The van der Waals surface area contributed by atoms with Crippen LogP contribution in [-0.2, 0) is 4.79 Å². The van der Waals surface area contributed by atoms with Crippen molar-refractivity contribution in [2.45, 2.75) is 45.4 Å². The van der Waals surface area contributed by atoms with Gasteiger partial charge in [0.1, 0.15) is 0 Å². The number of nitrogens with one attached hydrogen (secondary N) is 1. The zero-order valence-electron chi connectivity index (χ0n) is 12.5. The number of carbonyl (C=O) groups excluding carboxylic acids is 1. The van der Waals surface area contributed by atoms with Crippen molar-refractivity contribution in [3.8, 4) is 0 Å². The third-order valence-corrected chi connectivity index (χ3v) is 4.89. The normalized spacial score (nSPS) is 17.2. The fourth-order valence-corrected chi connectivity index (χ4v) is 3.33. The van der Waals surface area contributed by atoms with Crippen LogP contribution in [0.3, 0.4) is 0 Å². The first-order valence-corrected chi connectivity index (χ1v) is 8.61. The largest absolute Gasteiger partial charge is 0.291 e. The van der Waals surface area contributed by atoms with Gasteiger partial charge >= 0.3 is 0 Å². The first kappa shape index (κ1) is 17.6. The van der Waals surface area contributed by atoms with Gasteiger partial charge in [-0.3, -0.25) is 10.2 Å². The Labute approximate surface area is 146 Å². The SMILES string of the molecule is Cc1c(Cl)cc(Cl)cc1NN=C(Cl)C(=O)C1CCCCCC1. The molecule has 0 heterocycles. The minimum absolute atomic E-state index is 0.00963. The van der Waals surface area contributed by atoms with Crippen molar-refractivity contribution >= 4 is 51.4 Å². The Kier molecular flexibility index (Phi) is 6.54. The Morgan fingerprint density at radius 1 is 1.18 bits per heavy atom. The summed E-state index contributed by atoms with van der Waals surface area (Å²) in [6.07, 6.45) is 6.33. The van der Waals surface area contributed by atoms with Crippen molar-refractivity contribution in [2.75, 3.05) is 5.43 Å². The van der Waals surface area contributed by atoms with Gasteiger partial charge in [0.25, 0.3) is 0 Å². The van der Waals surface area contributed by atoms with Crippen molar-refractivity contribution in [2.24, 2.45) is 11.0 Å². The third-order valence-electron chi connectivity index (χ3n) is 4.01. The summed E-state index contributed by atoms with van der Waals surface area (Å²) in [5.41, 5.74) is 4.25. The maximum atomic E-state index is 12.3. The minimum Gasteiger partial charge on any atom is -0.291 e. The van der Waals surface area contributed by atoms with E-state index in [-0.39, 0.29) is 16.9 Å². The molecule has 120 valence electrons. The average Bonchev–Trinajstić information content (AvgIpc) is 2.77. The molecule has 0 bridgehead atoms. The number of rotatable bonds is 4. The molecular formula is C16H19Cl3N2O. The molecule has 2 rings (SSSR count). The molecule has 22 heavy (non-hydrogen) atoms. The number of halogens is 3. The highest BCUT2D eigenvalue weighted by molar-refractivity contribution is 6.83. The van der Waals surface area contributed by atoms with Gasteiger partial charge < -0.3 is 0 Å². The molecule has 0 radical (unpaired) electrons. The van der Waals surface area contributed by atoms with Crippen LogP contribution in [0.4, 0.5) is 5.69 Å². The smallest absolute Gasteiger partial charge is 0.197 e. The lowest BCUT2D eigenvalue weighted by molar-refractivity contribution is -0.116. The summed E-state index contributed by atoms with van der Waals surface area (Å²) < 4.78 is 0. The second-order valence-electron chi connectivity index (χ2n) is 5.63. The quantitative estimate of drug-likeness (QED) is 0.418. The third kappa shape index (κ3) is 4.61. The minimum atomic E-state index is -0.0816. The van der Waals surface area contributed by atoms with Crippen LogP contribution >= 0.6 is 34.8 Å². The van der Waals surface area contributed by atoms with E-state index in [2.05, 4.69) is 10.5 Å². The highest BCUT2D eigenvalue weighted by Gasteiger charge is 2.23. The monoisotopic (exact) mass is 360 g/mol. The molecule has 0 saturated heterocycles. The Morgan fingerprint density at radius 3 is 2.45 bits per heavy atom. The van der Waals surface area contributed by atoms with Crippen LogP contribution in [0.1, 0.15) is 44.1 Å². The summed E-state index contributed by atoms with van der Waals surface area (Å²) in [7, 11) is 0. The lowest BCUT2D eigenvalue weighted by Gasteiger charge is -2.12. The van der Waals surface area contributed by atoms with E-state index in [1.54, 1.807) is 12.1 Å². The average molecular weight is 362 g/mol. The van der Waals surface area contributed by atoms with E-state index in [1.807, 2.05) is 6.92 Å². The predicted molar refractivity (Wildman–Crippen MR) is 94.3 cm³/mol. The molecule has 1 aliphatic rings. The molecular weight excluding hydrogens is 343 g/mol. The van der Waals surface area contributed by atoms with Crippen molar-refractivity contribution < 1.29 is 4.79 Å². The van der Waals surface area contributed by atoms with Gasteiger partial charge in [0, 0.05) is 16.0 Å². The van der Waals surface area contributed by atoms with Gasteiger partial charge in [-0.1, -0.05) is 60.5 Å². The predicted octanol–water partition coefficient (Wildman–Crippen LogP) is 5.81. The van der Waals surface area contributed by atoms with Crippen LogP contribution in [0.25, 0.3) is 0 Å². The lowest BCUT2D eigenvalue weighted by atomic mass is 9.96. The number of hydrazone groups is 1. The van der Waals surface area contributed by atoms with Crippen LogP contribution in [0.5, 0.6) is 0 Å².